The van der Waals surface area contributed by atoms with Crippen LogP contribution in [0.15, 0.2) is 0 Å². The molecule has 3 nitrogen and oxygen atoms in total. The van der Waals surface area contributed by atoms with Gasteiger partial charge in [0.05, 0.1) is 6.54 Å². The summed E-state index contributed by atoms with van der Waals surface area (Å²) in [5, 5.41) is 2.40. The zero-order valence-corrected chi connectivity index (χ0v) is 7.35. The minimum atomic E-state index is -1.17. The lowest BCUT2D eigenvalue weighted by atomic mass is 9.94. The Kier molecular flexibility index (Phi) is 3.03. The smallest absolute Gasteiger partial charge is 0.207 e. The number of carbonyl (C=O) groups is 1. The number of halogens is 1. The number of amides is 1. The van der Waals surface area contributed by atoms with Crippen LogP contribution in [0.3, 0.4) is 0 Å². The second-order valence-electron chi connectivity index (χ2n) is 3.45. The van der Waals surface area contributed by atoms with E-state index in [1.807, 2.05) is 7.05 Å². The Morgan fingerprint density at radius 3 is 2.67 bits per heavy atom. The van der Waals surface area contributed by atoms with Gasteiger partial charge in [0.15, 0.2) is 0 Å². The molecule has 1 amide bonds. The molecule has 1 heterocycles. The molecule has 1 fully saturated rings. The number of nitrogens with zero attached hydrogens (tertiary/aromatic N) is 1. The second-order valence-corrected chi connectivity index (χ2v) is 3.45. The van der Waals surface area contributed by atoms with Crippen LogP contribution >= 0.6 is 0 Å². The van der Waals surface area contributed by atoms with Crippen molar-refractivity contribution < 1.29 is 9.18 Å². The summed E-state index contributed by atoms with van der Waals surface area (Å²) in [5.41, 5.74) is -1.17. The van der Waals surface area contributed by atoms with Gasteiger partial charge in [-0.15, -0.1) is 0 Å². The van der Waals surface area contributed by atoms with Crippen LogP contribution in [0.4, 0.5) is 4.39 Å². The molecule has 0 aliphatic carbocycles. The molecule has 0 saturated carbocycles. The van der Waals surface area contributed by atoms with Gasteiger partial charge in [-0.1, -0.05) is 0 Å². The van der Waals surface area contributed by atoms with E-state index in [1.54, 1.807) is 0 Å². The summed E-state index contributed by atoms with van der Waals surface area (Å²) in [6.07, 6.45) is 1.59. The standard InChI is InChI=1S/C8H15FN2O/c1-11-4-2-8(9,3-5-11)6-10-7-12/h7H,2-6H2,1H3,(H,10,12). The first-order chi connectivity index (χ1) is 5.66. The van der Waals surface area contributed by atoms with E-state index < -0.39 is 5.67 Å². The van der Waals surface area contributed by atoms with Gasteiger partial charge in [0.25, 0.3) is 0 Å². The molecular formula is C8H15FN2O. The highest BCUT2D eigenvalue weighted by atomic mass is 19.1. The van der Waals surface area contributed by atoms with Gasteiger partial charge in [0.2, 0.25) is 6.41 Å². The van der Waals surface area contributed by atoms with E-state index in [-0.39, 0.29) is 6.54 Å². The van der Waals surface area contributed by atoms with Gasteiger partial charge in [-0.2, -0.15) is 0 Å². The Morgan fingerprint density at radius 2 is 2.17 bits per heavy atom. The van der Waals surface area contributed by atoms with Crippen molar-refractivity contribution in [3.05, 3.63) is 0 Å². The monoisotopic (exact) mass is 174 g/mol. The first-order valence-corrected chi connectivity index (χ1v) is 4.21. The maximum atomic E-state index is 13.7. The molecule has 1 N–H and O–H groups in total. The minimum Gasteiger partial charge on any atom is -0.355 e. The third-order valence-electron chi connectivity index (χ3n) is 2.39. The summed E-state index contributed by atoms with van der Waals surface area (Å²) in [7, 11) is 1.98. The van der Waals surface area contributed by atoms with Crippen LogP contribution in [0.2, 0.25) is 0 Å². The van der Waals surface area contributed by atoms with Crippen molar-refractivity contribution in [2.75, 3.05) is 26.7 Å². The maximum absolute atomic E-state index is 13.7. The Hall–Kier alpha value is -0.640. The van der Waals surface area contributed by atoms with Gasteiger partial charge in [0.1, 0.15) is 5.67 Å². The number of carbonyl (C=O) groups excluding carboxylic acids is 1. The summed E-state index contributed by atoms with van der Waals surface area (Å²) in [5.74, 6) is 0. The van der Waals surface area contributed by atoms with E-state index in [4.69, 9.17) is 0 Å². The van der Waals surface area contributed by atoms with Crippen molar-refractivity contribution in [3.8, 4) is 0 Å². The fourth-order valence-corrected chi connectivity index (χ4v) is 1.42. The molecule has 4 heteroatoms. The van der Waals surface area contributed by atoms with Gasteiger partial charge >= 0.3 is 0 Å². The molecule has 1 saturated heterocycles. The van der Waals surface area contributed by atoms with Crippen molar-refractivity contribution in [3.63, 3.8) is 0 Å². The van der Waals surface area contributed by atoms with Gasteiger partial charge in [-0.25, -0.2) is 4.39 Å². The largest absolute Gasteiger partial charge is 0.355 e. The molecule has 1 rings (SSSR count). The molecule has 0 unspecified atom stereocenters. The van der Waals surface area contributed by atoms with E-state index >= 15 is 0 Å². The first kappa shape index (κ1) is 9.45. The molecule has 1 aliphatic heterocycles. The van der Waals surface area contributed by atoms with Crippen LogP contribution in [-0.2, 0) is 4.79 Å². The zero-order valence-electron chi connectivity index (χ0n) is 7.35. The van der Waals surface area contributed by atoms with Crippen molar-refractivity contribution in [2.45, 2.75) is 18.5 Å². The number of hydrogen-bond acceptors (Lipinski definition) is 2. The highest BCUT2D eigenvalue weighted by Gasteiger charge is 2.32. The molecule has 0 aromatic carbocycles. The van der Waals surface area contributed by atoms with Crippen molar-refractivity contribution in [2.24, 2.45) is 0 Å². The summed E-state index contributed by atoms with van der Waals surface area (Å²) in [4.78, 5) is 12.1. The van der Waals surface area contributed by atoms with Crippen LogP contribution in [0, 0.1) is 0 Å². The topological polar surface area (TPSA) is 32.3 Å². The number of hydrogen-bond donors (Lipinski definition) is 1. The third kappa shape index (κ3) is 2.44. The first-order valence-electron chi connectivity index (χ1n) is 4.21. The fourth-order valence-electron chi connectivity index (χ4n) is 1.42. The number of piperidine rings is 1. The molecule has 12 heavy (non-hydrogen) atoms. The van der Waals surface area contributed by atoms with E-state index in [2.05, 4.69) is 10.2 Å². The normalized spacial score (nSPS) is 23.5. The maximum Gasteiger partial charge on any atom is 0.207 e. The molecule has 70 valence electrons. The van der Waals surface area contributed by atoms with Crippen LogP contribution in [0.1, 0.15) is 12.8 Å². The number of alkyl halides is 1. The van der Waals surface area contributed by atoms with Crippen LogP contribution in [0.25, 0.3) is 0 Å². The zero-order chi connectivity index (χ0) is 9.03. The van der Waals surface area contributed by atoms with Crippen LogP contribution < -0.4 is 5.32 Å². The highest BCUT2D eigenvalue weighted by Crippen LogP contribution is 2.24. The molecule has 0 aromatic heterocycles. The predicted octanol–water partition coefficient (Wildman–Crippen LogP) is 0.166. The summed E-state index contributed by atoms with van der Waals surface area (Å²) in [6, 6.07) is 0. The third-order valence-corrected chi connectivity index (χ3v) is 2.39. The van der Waals surface area contributed by atoms with Gasteiger partial charge in [-0.05, 0) is 19.9 Å². The van der Waals surface area contributed by atoms with Crippen molar-refractivity contribution in [1.29, 1.82) is 0 Å². The highest BCUT2D eigenvalue weighted by molar-refractivity contribution is 5.46. The Morgan fingerprint density at radius 1 is 1.58 bits per heavy atom. The van der Waals surface area contributed by atoms with Crippen molar-refractivity contribution >= 4 is 6.41 Å². The van der Waals surface area contributed by atoms with Crippen LogP contribution in [-0.4, -0.2) is 43.7 Å². The summed E-state index contributed by atoms with van der Waals surface area (Å²) >= 11 is 0. The quantitative estimate of drug-likeness (QED) is 0.618. The van der Waals surface area contributed by atoms with E-state index in [1.165, 1.54) is 0 Å². The lowest BCUT2D eigenvalue weighted by molar-refractivity contribution is -0.110. The van der Waals surface area contributed by atoms with Gasteiger partial charge in [0, 0.05) is 13.1 Å². The van der Waals surface area contributed by atoms with Crippen LogP contribution in [0.5, 0.6) is 0 Å². The van der Waals surface area contributed by atoms with E-state index in [0.29, 0.717) is 19.3 Å². The minimum absolute atomic E-state index is 0.157. The average Bonchev–Trinajstić information content (AvgIpc) is 2.08. The number of nitrogens with one attached hydrogen (secondary N) is 1. The SMILES string of the molecule is CN1CCC(F)(CNC=O)CC1. The molecular weight excluding hydrogens is 159 g/mol. The molecule has 0 radical (unpaired) electrons. The van der Waals surface area contributed by atoms with E-state index in [0.717, 1.165) is 13.1 Å². The summed E-state index contributed by atoms with van der Waals surface area (Å²) in [6.45, 7) is 1.71. The number of rotatable bonds is 3. The Balaban J connectivity index is 2.33. The molecule has 0 spiro atoms. The fraction of sp³-hybridized carbons (Fsp3) is 0.875. The number of likely N-dealkylation sites (tertiary alicyclic amines) is 1. The van der Waals surface area contributed by atoms with Crippen molar-refractivity contribution in [1.82, 2.24) is 10.2 Å². The second kappa shape index (κ2) is 3.85. The Labute approximate surface area is 71.9 Å². The Bertz CT molecular complexity index is 155. The lowest BCUT2D eigenvalue weighted by Gasteiger charge is -2.34. The lowest BCUT2D eigenvalue weighted by Crippen LogP contribution is -2.45. The van der Waals surface area contributed by atoms with Gasteiger partial charge in [-0.3, -0.25) is 4.79 Å². The molecule has 0 bridgehead atoms. The molecule has 0 atom stereocenters. The predicted molar refractivity (Wildman–Crippen MR) is 44.6 cm³/mol. The van der Waals surface area contributed by atoms with Gasteiger partial charge < -0.3 is 10.2 Å². The molecule has 0 aromatic rings. The summed E-state index contributed by atoms with van der Waals surface area (Å²) < 4.78 is 13.7. The van der Waals surface area contributed by atoms with E-state index in [9.17, 15) is 9.18 Å². The molecule has 1 aliphatic rings. The average molecular weight is 174 g/mol.